The zero-order chi connectivity index (χ0) is 18.2. The van der Waals surface area contributed by atoms with Gasteiger partial charge in [-0.15, -0.1) is 0 Å². The summed E-state index contributed by atoms with van der Waals surface area (Å²) in [4.78, 5) is 24.0. The molecule has 0 unspecified atom stereocenters. The van der Waals surface area contributed by atoms with E-state index in [1.165, 1.54) is 6.42 Å². The molecule has 2 rings (SSSR count). The van der Waals surface area contributed by atoms with Gasteiger partial charge in [0.15, 0.2) is 11.5 Å². The Kier molecular flexibility index (Phi) is 7.10. The topological polar surface area (TPSA) is 76.7 Å². The average molecular weight is 348 g/mol. The molecule has 6 heteroatoms. The molecular formula is C19H28N2O4. The monoisotopic (exact) mass is 348 g/mol. The first-order valence-corrected chi connectivity index (χ1v) is 8.84. The first-order chi connectivity index (χ1) is 12.0. The maximum atomic E-state index is 12.0. The highest BCUT2D eigenvalue weighted by molar-refractivity contribution is 6.35. The highest BCUT2D eigenvalue weighted by atomic mass is 16.5. The molecule has 0 aliphatic heterocycles. The average Bonchev–Trinajstić information content (AvgIpc) is 2.63. The molecular weight excluding hydrogens is 320 g/mol. The second-order valence-electron chi connectivity index (χ2n) is 6.54. The molecule has 2 atom stereocenters. The summed E-state index contributed by atoms with van der Waals surface area (Å²) in [7, 11) is 3.17. The number of rotatable bonds is 6. The van der Waals surface area contributed by atoms with Crippen LogP contribution in [0.4, 0.5) is 0 Å². The molecule has 1 saturated carbocycles. The molecule has 0 aromatic heterocycles. The number of amides is 2. The summed E-state index contributed by atoms with van der Waals surface area (Å²) in [6, 6.07) is 5.72. The lowest BCUT2D eigenvalue weighted by molar-refractivity contribution is -0.139. The summed E-state index contributed by atoms with van der Waals surface area (Å²) in [5.41, 5.74) is 0.999. The van der Waals surface area contributed by atoms with Gasteiger partial charge in [0.1, 0.15) is 0 Å². The van der Waals surface area contributed by atoms with Gasteiger partial charge in [-0.3, -0.25) is 9.59 Å². The van der Waals surface area contributed by atoms with Crippen LogP contribution in [0.15, 0.2) is 18.2 Å². The molecule has 2 N–H and O–H groups in total. The SMILES string of the molecule is COc1ccc(CCNC(=O)C(=O)N[C@H]2CCCC[C@@H]2C)cc1OC. The molecule has 0 radical (unpaired) electrons. The number of methoxy groups -OCH3 is 2. The van der Waals surface area contributed by atoms with Crippen molar-refractivity contribution in [1.82, 2.24) is 10.6 Å². The molecule has 0 spiro atoms. The maximum Gasteiger partial charge on any atom is 0.309 e. The lowest BCUT2D eigenvalue weighted by Gasteiger charge is -2.29. The fourth-order valence-electron chi connectivity index (χ4n) is 3.20. The van der Waals surface area contributed by atoms with E-state index >= 15 is 0 Å². The Labute approximate surface area is 149 Å². The maximum absolute atomic E-state index is 12.0. The fourth-order valence-corrected chi connectivity index (χ4v) is 3.20. The number of carbonyl (C=O) groups excluding carboxylic acids is 2. The highest BCUT2D eigenvalue weighted by Crippen LogP contribution is 2.27. The first-order valence-electron chi connectivity index (χ1n) is 8.84. The van der Waals surface area contributed by atoms with Gasteiger partial charge in [-0.1, -0.05) is 25.8 Å². The van der Waals surface area contributed by atoms with E-state index in [2.05, 4.69) is 17.6 Å². The lowest BCUT2D eigenvalue weighted by Crippen LogP contribution is -2.48. The first kappa shape index (κ1) is 19.1. The molecule has 1 aliphatic rings. The molecule has 0 heterocycles. The predicted octanol–water partition coefficient (Wildman–Crippen LogP) is 2.06. The van der Waals surface area contributed by atoms with Gasteiger partial charge in [0.25, 0.3) is 0 Å². The number of benzene rings is 1. The number of nitrogens with one attached hydrogen (secondary N) is 2. The van der Waals surface area contributed by atoms with Crippen LogP contribution in [-0.2, 0) is 16.0 Å². The van der Waals surface area contributed by atoms with Gasteiger partial charge in [-0.25, -0.2) is 0 Å². The number of carbonyl (C=O) groups is 2. The van der Waals surface area contributed by atoms with Crippen LogP contribution in [0.2, 0.25) is 0 Å². The van der Waals surface area contributed by atoms with Gasteiger partial charge in [-0.2, -0.15) is 0 Å². The van der Waals surface area contributed by atoms with Crippen LogP contribution in [0, 0.1) is 5.92 Å². The van der Waals surface area contributed by atoms with Crippen molar-refractivity contribution >= 4 is 11.8 Å². The summed E-state index contributed by atoms with van der Waals surface area (Å²) in [6.07, 6.45) is 4.97. The molecule has 2 amide bonds. The molecule has 25 heavy (non-hydrogen) atoms. The zero-order valence-electron chi connectivity index (χ0n) is 15.3. The molecule has 1 aromatic rings. The molecule has 1 aromatic carbocycles. The van der Waals surface area contributed by atoms with Crippen molar-refractivity contribution in [3.8, 4) is 11.5 Å². The van der Waals surface area contributed by atoms with E-state index in [0.29, 0.717) is 30.4 Å². The van der Waals surface area contributed by atoms with Crippen molar-refractivity contribution in [3.63, 3.8) is 0 Å². The Morgan fingerprint density at radius 1 is 1.08 bits per heavy atom. The number of hydrogen-bond acceptors (Lipinski definition) is 4. The van der Waals surface area contributed by atoms with Gasteiger partial charge in [0.2, 0.25) is 0 Å². The Morgan fingerprint density at radius 3 is 2.48 bits per heavy atom. The number of ether oxygens (including phenoxy) is 2. The third-order valence-corrected chi connectivity index (χ3v) is 4.78. The van der Waals surface area contributed by atoms with Gasteiger partial charge >= 0.3 is 11.8 Å². The summed E-state index contributed by atoms with van der Waals surface area (Å²) in [6.45, 7) is 2.51. The standard InChI is InChI=1S/C19H28N2O4/c1-13-6-4-5-7-15(13)21-19(23)18(22)20-11-10-14-8-9-16(24-2)17(12-14)25-3/h8-9,12-13,15H,4-7,10-11H2,1-3H3,(H,20,22)(H,21,23)/t13-,15-/m0/s1. The van der Waals surface area contributed by atoms with Crippen LogP contribution in [0.5, 0.6) is 11.5 Å². The van der Waals surface area contributed by atoms with Crippen LogP contribution in [0.25, 0.3) is 0 Å². The van der Waals surface area contributed by atoms with E-state index in [1.807, 2.05) is 18.2 Å². The number of hydrogen-bond donors (Lipinski definition) is 2. The van der Waals surface area contributed by atoms with Crippen molar-refractivity contribution in [2.24, 2.45) is 5.92 Å². The minimum atomic E-state index is -0.571. The fraction of sp³-hybridized carbons (Fsp3) is 0.579. The largest absolute Gasteiger partial charge is 0.493 e. The summed E-state index contributed by atoms with van der Waals surface area (Å²) >= 11 is 0. The highest BCUT2D eigenvalue weighted by Gasteiger charge is 2.25. The second-order valence-corrected chi connectivity index (χ2v) is 6.54. The van der Waals surface area contributed by atoms with E-state index < -0.39 is 11.8 Å². The predicted molar refractivity (Wildman–Crippen MR) is 95.8 cm³/mol. The van der Waals surface area contributed by atoms with Gasteiger partial charge in [-0.05, 0) is 42.9 Å². The lowest BCUT2D eigenvalue weighted by atomic mass is 9.86. The summed E-state index contributed by atoms with van der Waals surface area (Å²) in [5, 5.41) is 5.54. The van der Waals surface area contributed by atoms with E-state index in [9.17, 15) is 9.59 Å². The van der Waals surface area contributed by atoms with Crippen molar-refractivity contribution in [1.29, 1.82) is 0 Å². The van der Waals surface area contributed by atoms with Crippen LogP contribution in [-0.4, -0.2) is 38.6 Å². The molecule has 1 aliphatic carbocycles. The van der Waals surface area contributed by atoms with Crippen LogP contribution in [0.1, 0.15) is 38.2 Å². The zero-order valence-corrected chi connectivity index (χ0v) is 15.3. The Bertz CT molecular complexity index is 603. The molecule has 6 nitrogen and oxygen atoms in total. The second kappa shape index (κ2) is 9.30. The summed E-state index contributed by atoms with van der Waals surface area (Å²) < 4.78 is 10.5. The third-order valence-electron chi connectivity index (χ3n) is 4.78. The van der Waals surface area contributed by atoms with E-state index in [0.717, 1.165) is 24.8 Å². The molecule has 138 valence electrons. The van der Waals surface area contributed by atoms with Crippen LogP contribution >= 0.6 is 0 Å². The minimum absolute atomic E-state index is 0.109. The van der Waals surface area contributed by atoms with Gasteiger partial charge in [0.05, 0.1) is 14.2 Å². The molecule has 0 saturated heterocycles. The Balaban J connectivity index is 1.78. The van der Waals surface area contributed by atoms with E-state index in [-0.39, 0.29) is 6.04 Å². The quantitative estimate of drug-likeness (QED) is 0.772. The Hall–Kier alpha value is -2.24. The normalized spacial score (nSPS) is 19.8. The minimum Gasteiger partial charge on any atom is -0.493 e. The van der Waals surface area contributed by atoms with Gasteiger partial charge < -0.3 is 20.1 Å². The van der Waals surface area contributed by atoms with E-state index in [4.69, 9.17) is 9.47 Å². The van der Waals surface area contributed by atoms with Crippen LogP contribution < -0.4 is 20.1 Å². The van der Waals surface area contributed by atoms with Crippen molar-refractivity contribution in [2.45, 2.75) is 45.1 Å². The smallest absolute Gasteiger partial charge is 0.309 e. The van der Waals surface area contributed by atoms with Crippen LogP contribution in [0.3, 0.4) is 0 Å². The molecule has 1 fully saturated rings. The van der Waals surface area contributed by atoms with Crippen molar-refractivity contribution < 1.29 is 19.1 Å². The summed E-state index contributed by atoms with van der Waals surface area (Å²) in [5.74, 6) is 0.633. The molecule has 0 bridgehead atoms. The van der Waals surface area contributed by atoms with Gasteiger partial charge in [0, 0.05) is 12.6 Å². The van der Waals surface area contributed by atoms with Crippen molar-refractivity contribution in [3.05, 3.63) is 23.8 Å². The third kappa shape index (κ3) is 5.37. The van der Waals surface area contributed by atoms with Crippen molar-refractivity contribution in [2.75, 3.05) is 20.8 Å². The Morgan fingerprint density at radius 2 is 1.80 bits per heavy atom. The van der Waals surface area contributed by atoms with E-state index in [1.54, 1.807) is 14.2 Å².